The van der Waals surface area contributed by atoms with Crippen LogP contribution in [0.2, 0.25) is 0 Å². The van der Waals surface area contributed by atoms with Crippen LogP contribution in [0, 0.1) is 0 Å². The smallest absolute Gasteiger partial charge is 0.748 e. The molecule has 0 bridgehead atoms. The zero-order valence-electron chi connectivity index (χ0n) is 11.3. The van der Waals surface area contributed by atoms with Crippen LogP contribution >= 0.6 is 12.0 Å². The van der Waals surface area contributed by atoms with E-state index in [9.17, 15) is 13.0 Å². The summed E-state index contributed by atoms with van der Waals surface area (Å²) in [6.45, 7) is 0.373. The Morgan fingerprint density at radius 1 is 1.38 bits per heavy atom. The Labute approximate surface area is 151 Å². The standard InChI is InChI=1S/C11H14N2O4S2.CH4.Na/c1-18-17-11-12-9-5-2-3-6-10(9)13(11)7-4-8-19(14,15)16;;/h2-3,5-6H,4,7-8H2,1H3,(H,14,15,16);1H4;/q;;+1/p-1. The minimum Gasteiger partial charge on any atom is -0.748 e. The molecule has 2 rings (SSSR count). The first-order valence-corrected chi connectivity index (χ1v) is 8.33. The van der Waals surface area contributed by atoms with Crippen molar-refractivity contribution in [3.63, 3.8) is 0 Å². The maximum absolute atomic E-state index is 10.6. The number of hydrogen-bond acceptors (Lipinski definition) is 6. The molecular weight excluding hydrogens is 323 g/mol. The van der Waals surface area contributed by atoms with Crippen molar-refractivity contribution in [3.8, 4) is 6.01 Å². The summed E-state index contributed by atoms with van der Waals surface area (Å²) >= 11 is 1.16. The van der Waals surface area contributed by atoms with Gasteiger partial charge in [0, 0.05) is 18.6 Å². The van der Waals surface area contributed by atoms with Gasteiger partial charge >= 0.3 is 35.6 Å². The molecule has 9 heteroatoms. The van der Waals surface area contributed by atoms with E-state index < -0.39 is 15.9 Å². The van der Waals surface area contributed by atoms with E-state index in [0.717, 1.165) is 23.1 Å². The molecule has 0 unspecified atom stereocenters. The average molecular weight is 340 g/mol. The number of fused-ring (bicyclic) bond motifs is 1. The van der Waals surface area contributed by atoms with Gasteiger partial charge in [-0.15, -0.1) is 0 Å². The number of imidazole rings is 1. The van der Waals surface area contributed by atoms with Gasteiger partial charge in [0.05, 0.1) is 33.2 Å². The molecule has 0 radical (unpaired) electrons. The summed E-state index contributed by atoms with van der Waals surface area (Å²) in [5, 5.41) is 0. The van der Waals surface area contributed by atoms with Gasteiger partial charge in [-0.3, -0.25) is 4.57 Å². The SMILES string of the molecule is C.CSOc1nc2ccccc2n1CCCS(=O)(=O)[O-].[Na+]. The van der Waals surface area contributed by atoms with Gasteiger partial charge in [0.25, 0.3) is 0 Å². The molecular formula is C12H17N2NaO4S2. The number of aromatic nitrogens is 2. The molecule has 0 aliphatic heterocycles. The first-order chi connectivity index (χ1) is 9.01. The van der Waals surface area contributed by atoms with Crippen molar-refractivity contribution >= 4 is 33.2 Å². The van der Waals surface area contributed by atoms with Gasteiger partial charge in [0.2, 0.25) is 0 Å². The van der Waals surface area contributed by atoms with E-state index in [-0.39, 0.29) is 43.4 Å². The fraction of sp³-hybridized carbons (Fsp3) is 0.417. The van der Waals surface area contributed by atoms with Crippen molar-refractivity contribution in [2.24, 2.45) is 0 Å². The summed E-state index contributed by atoms with van der Waals surface area (Å²) in [4.78, 5) is 4.31. The van der Waals surface area contributed by atoms with Crippen LogP contribution in [0.15, 0.2) is 24.3 Å². The predicted octanol–water partition coefficient (Wildman–Crippen LogP) is -0.731. The molecule has 0 saturated heterocycles. The Kier molecular flexibility index (Phi) is 8.91. The van der Waals surface area contributed by atoms with Gasteiger partial charge in [-0.05, 0) is 18.6 Å². The second-order valence-electron chi connectivity index (χ2n) is 3.90. The predicted molar refractivity (Wildman–Crippen MR) is 79.8 cm³/mol. The number of aryl methyl sites for hydroxylation is 1. The van der Waals surface area contributed by atoms with Crippen LogP contribution in [0.25, 0.3) is 11.0 Å². The largest absolute Gasteiger partial charge is 1.00 e. The zero-order valence-corrected chi connectivity index (χ0v) is 14.9. The average Bonchev–Trinajstić information content (AvgIpc) is 2.67. The summed E-state index contributed by atoms with van der Waals surface area (Å²) < 4.78 is 39.0. The summed E-state index contributed by atoms with van der Waals surface area (Å²) in [5.41, 5.74) is 1.63. The van der Waals surface area contributed by atoms with Crippen molar-refractivity contribution in [2.45, 2.75) is 20.4 Å². The van der Waals surface area contributed by atoms with E-state index in [2.05, 4.69) is 4.98 Å². The third kappa shape index (κ3) is 5.80. The Balaban J connectivity index is 0.00000200. The van der Waals surface area contributed by atoms with E-state index in [1.807, 2.05) is 24.3 Å². The minimum atomic E-state index is -4.19. The van der Waals surface area contributed by atoms with Gasteiger partial charge in [-0.1, -0.05) is 19.6 Å². The molecule has 112 valence electrons. The van der Waals surface area contributed by atoms with Crippen LogP contribution in [0.4, 0.5) is 0 Å². The molecule has 0 amide bonds. The normalized spacial score (nSPS) is 10.8. The van der Waals surface area contributed by atoms with E-state index in [4.69, 9.17) is 4.18 Å². The third-order valence-electron chi connectivity index (χ3n) is 2.55. The van der Waals surface area contributed by atoms with Crippen molar-refractivity contribution in [1.82, 2.24) is 9.55 Å². The maximum atomic E-state index is 10.6. The Morgan fingerprint density at radius 3 is 2.67 bits per heavy atom. The summed E-state index contributed by atoms with van der Waals surface area (Å²) in [6.07, 6.45) is 2.00. The molecule has 0 N–H and O–H groups in total. The monoisotopic (exact) mass is 340 g/mol. The molecule has 21 heavy (non-hydrogen) atoms. The third-order valence-corrected chi connectivity index (χ3v) is 3.66. The van der Waals surface area contributed by atoms with Crippen molar-refractivity contribution in [3.05, 3.63) is 24.3 Å². The second kappa shape index (κ2) is 9.02. The van der Waals surface area contributed by atoms with Gasteiger partial charge in [0.15, 0.2) is 0 Å². The fourth-order valence-corrected chi connectivity index (χ4v) is 2.57. The first kappa shape index (κ1) is 20.8. The minimum absolute atomic E-state index is 0. The Bertz CT molecular complexity index is 673. The Hall–Kier alpha value is -0.250. The summed E-state index contributed by atoms with van der Waals surface area (Å²) in [7, 11) is -4.19. The topological polar surface area (TPSA) is 84.2 Å². The molecule has 1 heterocycles. The molecule has 2 aromatic rings. The van der Waals surface area contributed by atoms with Gasteiger partial charge in [-0.2, -0.15) is 4.98 Å². The van der Waals surface area contributed by atoms with Gasteiger partial charge < -0.3 is 8.74 Å². The summed E-state index contributed by atoms with van der Waals surface area (Å²) in [5.74, 6) is -0.391. The number of para-hydroxylation sites is 2. The molecule has 0 saturated carbocycles. The Morgan fingerprint density at radius 2 is 2.05 bits per heavy atom. The molecule has 0 atom stereocenters. The van der Waals surface area contributed by atoms with E-state index >= 15 is 0 Å². The quantitative estimate of drug-likeness (QED) is 0.392. The van der Waals surface area contributed by atoms with E-state index in [0.29, 0.717) is 12.6 Å². The van der Waals surface area contributed by atoms with Crippen LogP contribution in [0.1, 0.15) is 13.8 Å². The van der Waals surface area contributed by atoms with E-state index in [1.165, 1.54) is 0 Å². The molecule has 0 spiro atoms. The van der Waals surface area contributed by atoms with Crippen molar-refractivity contribution < 1.29 is 46.7 Å². The van der Waals surface area contributed by atoms with Crippen molar-refractivity contribution in [2.75, 3.05) is 12.0 Å². The van der Waals surface area contributed by atoms with Crippen LogP contribution < -0.4 is 33.7 Å². The first-order valence-electron chi connectivity index (χ1n) is 5.61. The van der Waals surface area contributed by atoms with E-state index in [1.54, 1.807) is 10.8 Å². The van der Waals surface area contributed by atoms with Crippen molar-refractivity contribution in [1.29, 1.82) is 0 Å². The molecule has 6 nitrogen and oxygen atoms in total. The molecule has 1 aromatic carbocycles. The van der Waals surface area contributed by atoms with Crippen LogP contribution in [0.5, 0.6) is 6.01 Å². The van der Waals surface area contributed by atoms with Crippen LogP contribution in [0.3, 0.4) is 0 Å². The number of hydrogen-bond donors (Lipinski definition) is 0. The number of nitrogens with zero attached hydrogens (tertiary/aromatic N) is 2. The van der Waals surface area contributed by atoms with Gasteiger partial charge in [-0.25, -0.2) is 8.42 Å². The zero-order chi connectivity index (χ0) is 13.9. The molecule has 0 aliphatic rings. The molecule has 0 aliphatic carbocycles. The number of benzene rings is 1. The van der Waals surface area contributed by atoms with Gasteiger partial charge in [0.1, 0.15) is 0 Å². The maximum Gasteiger partial charge on any atom is 1.00 e. The fourth-order valence-electron chi connectivity index (χ4n) is 1.81. The van der Waals surface area contributed by atoms with Crippen LogP contribution in [-0.2, 0) is 16.7 Å². The molecule has 1 aromatic heterocycles. The summed E-state index contributed by atoms with van der Waals surface area (Å²) in [6, 6.07) is 7.88. The number of rotatable bonds is 6. The molecule has 0 fully saturated rings. The van der Waals surface area contributed by atoms with Crippen LogP contribution in [-0.4, -0.2) is 34.5 Å². The second-order valence-corrected chi connectivity index (χ2v) is 5.92.